The molecule has 0 bridgehead atoms. The smallest absolute Gasteiger partial charge is 0.260 e. The number of hydrogen-bond acceptors (Lipinski definition) is 4. The summed E-state index contributed by atoms with van der Waals surface area (Å²) in [6, 6.07) is 7.49. The van der Waals surface area contributed by atoms with Gasteiger partial charge in [-0.25, -0.2) is 0 Å². The Bertz CT molecular complexity index is 450. The van der Waals surface area contributed by atoms with Crippen LogP contribution in [-0.4, -0.2) is 42.2 Å². The Morgan fingerprint density at radius 2 is 2.25 bits per heavy atom. The maximum Gasteiger partial charge on any atom is 0.260 e. The molecule has 0 radical (unpaired) electrons. The average Bonchev–Trinajstić information content (AvgIpc) is 2.94. The predicted molar refractivity (Wildman–Crippen MR) is 76.2 cm³/mol. The third-order valence-electron chi connectivity index (χ3n) is 3.72. The minimum atomic E-state index is -0.00253. The van der Waals surface area contributed by atoms with E-state index in [1.54, 1.807) is 0 Å². The molecule has 1 aromatic carbocycles. The Labute approximate surface area is 119 Å². The van der Waals surface area contributed by atoms with E-state index >= 15 is 0 Å². The van der Waals surface area contributed by atoms with Crippen molar-refractivity contribution in [3.63, 3.8) is 0 Å². The molecule has 1 fully saturated rings. The summed E-state index contributed by atoms with van der Waals surface area (Å²) in [5, 5.41) is 8.92. The van der Waals surface area contributed by atoms with Crippen LogP contribution in [-0.2, 0) is 11.3 Å². The van der Waals surface area contributed by atoms with Crippen LogP contribution in [0.25, 0.3) is 0 Å². The number of carbonyl (C=O) groups excluding carboxylic acids is 1. The molecule has 5 heteroatoms. The third kappa shape index (κ3) is 3.71. The van der Waals surface area contributed by atoms with E-state index in [0.717, 1.165) is 31.5 Å². The van der Waals surface area contributed by atoms with Crippen molar-refractivity contribution in [3.05, 3.63) is 29.8 Å². The zero-order valence-corrected chi connectivity index (χ0v) is 11.6. The van der Waals surface area contributed by atoms with Crippen molar-refractivity contribution in [2.75, 3.05) is 26.3 Å². The van der Waals surface area contributed by atoms with Crippen molar-refractivity contribution < 1.29 is 14.6 Å². The molecular weight excluding hydrogens is 256 g/mol. The highest BCUT2D eigenvalue weighted by atomic mass is 16.5. The fourth-order valence-electron chi connectivity index (χ4n) is 2.52. The first-order valence-corrected chi connectivity index (χ1v) is 7.04. The molecule has 1 aromatic rings. The number of nitrogens with zero attached hydrogens (tertiary/aromatic N) is 1. The highest BCUT2D eigenvalue weighted by Gasteiger charge is 2.25. The summed E-state index contributed by atoms with van der Waals surface area (Å²) in [6.45, 7) is 2.11. The van der Waals surface area contributed by atoms with Crippen LogP contribution in [0.2, 0.25) is 0 Å². The topological polar surface area (TPSA) is 75.8 Å². The van der Waals surface area contributed by atoms with Crippen molar-refractivity contribution in [1.82, 2.24) is 4.90 Å². The summed E-state index contributed by atoms with van der Waals surface area (Å²) < 4.78 is 5.58. The number of nitrogens with two attached hydrogens (primary N) is 1. The van der Waals surface area contributed by atoms with Crippen LogP contribution >= 0.6 is 0 Å². The number of benzene rings is 1. The van der Waals surface area contributed by atoms with Gasteiger partial charge in [-0.05, 0) is 24.8 Å². The lowest BCUT2D eigenvalue weighted by Gasteiger charge is -2.17. The second kappa shape index (κ2) is 7.26. The second-order valence-electron chi connectivity index (χ2n) is 5.11. The Kier molecular flexibility index (Phi) is 5.38. The van der Waals surface area contributed by atoms with Crippen LogP contribution in [0.3, 0.4) is 0 Å². The number of aliphatic hydroxyl groups is 1. The minimum Gasteiger partial charge on any atom is -0.483 e. The molecule has 1 amide bonds. The maximum absolute atomic E-state index is 12.1. The summed E-state index contributed by atoms with van der Waals surface area (Å²) in [5.74, 6) is 1.09. The Morgan fingerprint density at radius 3 is 3.00 bits per heavy atom. The summed E-state index contributed by atoms with van der Waals surface area (Å²) >= 11 is 0. The number of rotatable bonds is 6. The highest BCUT2D eigenvalue weighted by Crippen LogP contribution is 2.20. The molecular formula is C15H22N2O3. The number of likely N-dealkylation sites (tertiary alicyclic amines) is 1. The first-order chi connectivity index (χ1) is 9.74. The minimum absolute atomic E-state index is 0.00253. The van der Waals surface area contributed by atoms with Gasteiger partial charge in [-0.3, -0.25) is 4.79 Å². The van der Waals surface area contributed by atoms with Gasteiger partial charge < -0.3 is 20.5 Å². The summed E-state index contributed by atoms with van der Waals surface area (Å²) in [5.41, 5.74) is 6.53. The molecule has 0 aromatic heterocycles. The van der Waals surface area contributed by atoms with Gasteiger partial charge in [-0.15, -0.1) is 0 Å². The van der Waals surface area contributed by atoms with Crippen LogP contribution in [0.15, 0.2) is 24.3 Å². The van der Waals surface area contributed by atoms with Crippen molar-refractivity contribution in [2.24, 2.45) is 11.7 Å². The van der Waals surface area contributed by atoms with Crippen LogP contribution in [0.1, 0.15) is 18.4 Å². The van der Waals surface area contributed by atoms with E-state index in [2.05, 4.69) is 0 Å². The van der Waals surface area contributed by atoms with Gasteiger partial charge in [0.15, 0.2) is 6.61 Å². The normalized spacial score (nSPS) is 18.3. The van der Waals surface area contributed by atoms with E-state index in [1.807, 2.05) is 29.2 Å². The molecule has 20 heavy (non-hydrogen) atoms. The molecule has 3 N–H and O–H groups in total. The standard InChI is InChI=1S/C15H22N2O3/c16-9-13-3-1-2-4-14(13)20-11-15(19)17-7-5-12(10-17)6-8-18/h1-4,12,18H,5-11,16H2. The first-order valence-electron chi connectivity index (χ1n) is 7.04. The molecule has 0 saturated carbocycles. The van der Waals surface area contributed by atoms with Crippen LogP contribution < -0.4 is 10.5 Å². The molecule has 110 valence electrons. The molecule has 0 aliphatic carbocycles. The van der Waals surface area contributed by atoms with Gasteiger partial charge in [0.2, 0.25) is 0 Å². The van der Waals surface area contributed by atoms with Gasteiger partial charge in [-0.1, -0.05) is 18.2 Å². The first kappa shape index (κ1) is 14.8. The number of amides is 1. The summed E-state index contributed by atoms with van der Waals surface area (Å²) in [6.07, 6.45) is 1.73. The number of carbonyl (C=O) groups is 1. The van der Waals surface area contributed by atoms with Crippen LogP contribution in [0, 0.1) is 5.92 Å². The molecule has 1 aliphatic heterocycles. The third-order valence-corrected chi connectivity index (χ3v) is 3.72. The van der Waals surface area contributed by atoms with Gasteiger partial charge in [0.25, 0.3) is 5.91 Å². The lowest BCUT2D eigenvalue weighted by molar-refractivity contribution is -0.132. The van der Waals surface area contributed by atoms with E-state index < -0.39 is 0 Å². The van der Waals surface area contributed by atoms with E-state index in [9.17, 15) is 4.79 Å². The fraction of sp³-hybridized carbons (Fsp3) is 0.533. The average molecular weight is 278 g/mol. The molecule has 1 unspecified atom stereocenters. The molecule has 1 heterocycles. The fourth-order valence-corrected chi connectivity index (χ4v) is 2.52. The number of aliphatic hydroxyl groups excluding tert-OH is 1. The summed E-state index contributed by atoms with van der Waals surface area (Å²) in [7, 11) is 0. The molecule has 1 saturated heterocycles. The van der Waals surface area contributed by atoms with Gasteiger partial charge in [0.05, 0.1) is 0 Å². The second-order valence-corrected chi connectivity index (χ2v) is 5.11. The van der Waals surface area contributed by atoms with Crippen molar-refractivity contribution in [1.29, 1.82) is 0 Å². The number of ether oxygens (including phenoxy) is 1. The van der Waals surface area contributed by atoms with Crippen LogP contribution in [0.5, 0.6) is 5.75 Å². The van der Waals surface area contributed by atoms with E-state index in [0.29, 0.717) is 18.2 Å². The monoisotopic (exact) mass is 278 g/mol. The molecule has 1 aliphatic rings. The predicted octanol–water partition coefficient (Wildman–Crippen LogP) is 0.755. The maximum atomic E-state index is 12.1. The van der Waals surface area contributed by atoms with Gasteiger partial charge in [0.1, 0.15) is 5.75 Å². The van der Waals surface area contributed by atoms with E-state index in [1.165, 1.54) is 0 Å². The van der Waals surface area contributed by atoms with E-state index in [4.69, 9.17) is 15.6 Å². The Hall–Kier alpha value is -1.59. The Morgan fingerprint density at radius 1 is 1.45 bits per heavy atom. The summed E-state index contributed by atoms with van der Waals surface area (Å²) in [4.78, 5) is 13.9. The molecule has 5 nitrogen and oxygen atoms in total. The van der Waals surface area contributed by atoms with E-state index in [-0.39, 0.29) is 19.1 Å². The number of hydrogen-bond donors (Lipinski definition) is 2. The largest absolute Gasteiger partial charge is 0.483 e. The molecule has 0 spiro atoms. The van der Waals surface area contributed by atoms with Crippen molar-refractivity contribution >= 4 is 5.91 Å². The van der Waals surface area contributed by atoms with Crippen LogP contribution in [0.4, 0.5) is 0 Å². The zero-order valence-electron chi connectivity index (χ0n) is 11.6. The lowest BCUT2D eigenvalue weighted by atomic mass is 10.1. The molecule has 1 atom stereocenters. The van der Waals surface area contributed by atoms with Crippen molar-refractivity contribution in [3.8, 4) is 5.75 Å². The number of para-hydroxylation sites is 1. The zero-order chi connectivity index (χ0) is 14.4. The van der Waals surface area contributed by atoms with Gasteiger partial charge >= 0.3 is 0 Å². The van der Waals surface area contributed by atoms with Crippen molar-refractivity contribution in [2.45, 2.75) is 19.4 Å². The van der Waals surface area contributed by atoms with Gasteiger partial charge in [-0.2, -0.15) is 0 Å². The Balaban J connectivity index is 1.83. The molecule has 2 rings (SSSR count). The van der Waals surface area contributed by atoms with Gasteiger partial charge in [0, 0.05) is 31.8 Å². The SMILES string of the molecule is NCc1ccccc1OCC(=O)N1CCC(CCO)C1. The quantitative estimate of drug-likeness (QED) is 0.805. The highest BCUT2D eigenvalue weighted by molar-refractivity contribution is 5.78. The lowest BCUT2D eigenvalue weighted by Crippen LogP contribution is -2.33.